The Hall–Kier alpha value is -0.910. The van der Waals surface area contributed by atoms with Gasteiger partial charge in [0, 0.05) is 0 Å². The summed E-state index contributed by atoms with van der Waals surface area (Å²) < 4.78 is 0. The molecule has 0 saturated heterocycles. The molecule has 0 aromatic rings. The van der Waals surface area contributed by atoms with Crippen molar-refractivity contribution in [3.63, 3.8) is 0 Å². The minimum Gasteiger partial charge on any atom is -0.480 e. The van der Waals surface area contributed by atoms with Crippen molar-refractivity contribution >= 4 is 5.97 Å². The number of nitrogens with one attached hydrogen (secondary N) is 1. The van der Waals surface area contributed by atoms with E-state index >= 15 is 0 Å². The van der Waals surface area contributed by atoms with Crippen LogP contribution in [0.1, 0.15) is 103 Å². The highest BCUT2D eigenvalue weighted by molar-refractivity contribution is 5.68. The Balaban J connectivity index is 3.10. The van der Waals surface area contributed by atoms with Gasteiger partial charge in [-0.2, -0.15) is 0 Å². The van der Waals surface area contributed by atoms with Crippen LogP contribution in [0.4, 0.5) is 0 Å². The van der Waals surface area contributed by atoms with Gasteiger partial charge in [-0.25, -0.2) is 0 Å². The van der Waals surface area contributed by atoms with Gasteiger partial charge in [0.15, 0.2) is 6.29 Å². The van der Waals surface area contributed by atoms with Crippen molar-refractivity contribution in [2.75, 3.05) is 13.1 Å². The van der Waals surface area contributed by atoms with Crippen LogP contribution in [0.15, 0.2) is 12.2 Å². The summed E-state index contributed by atoms with van der Waals surface area (Å²) in [4.78, 5) is 10.3. The lowest BCUT2D eigenvalue weighted by Crippen LogP contribution is -2.23. The van der Waals surface area contributed by atoms with E-state index in [0.717, 1.165) is 25.8 Å². The molecule has 0 aromatic heterocycles. The minimum atomic E-state index is -1.13. The number of aliphatic hydroxyl groups is 2. The van der Waals surface area contributed by atoms with Crippen LogP contribution in [0.2, 0.25) is 0 Å². The Bertz CT molecular complexity index is 345. The standard InChI is InChI=1S/C22H43NO4/c24-21(25)18-16-14-12-10-8-6-4-2-1-3-5-7-9-11-13-15-17-19-23-20-22(26)27/h1,3,21,23-25H,2,4-20H2,(H,26,27). The highest BCUT2D eigenvalue weighted by Gasteiger charge is 1.97. The molecule has 0 aliphatic heterocycles. The van der Waals surface area contributed by atoms with Crippen molar-refractivity contribution in [2.45, 2.75) is 109 Å². The zero-order valence-electron chi connectivity index (χ0n) is 17.2. The number of hydrogen-bond donors (Lipinski definition) is 4. The Morgan fingerprint density at radius 2 is 1.15 bits per heavy atom. The monoisotopic (exact) mass is 385 g/mol. The van der Waals surface area contributed by atoms with E-state index in [0.29, 0.717) is 6.42 Å². The smallest absolute Gasteiger partial charge is 0.317 e. The number of carboxylic acids is 1. The van der Waals surface area contributed by atoms with Crippen LogP contribution < -0.4 is 5.32 Å². The van der Waals surface area contributed by atoms with Gasteiger partial charge in [0.2, 0.25) is 0 Å². The molecule has 5 heteroatoms. The molecule has 0 unspecified atom stereocenters. The van der Waals surface area contributed by atoms with Gasteiger partial charge in [0.05, 0.1) is 6.54 Å². The van der Waals surface area contributed by atoms with Gasteiger partial charge < -0.3 is 20.6 Å². The first-order chi connectivity index (χ1) is 13.1. The van der Waals surface area contributed by atoms with Crippen LogP contribution in [0.5, 0.6) is 0 Å². The number of unbranched alkanes of at least 4 members (excludes halogenated alkanes) is 13. The quantitative estimate of drug-likeness (QED) is 0.130. The van der Waals surface area contributed by atoms with Crippen molar-refractivity contribution in [1.29, 1.82) is 0 Å². The molecule has 0 aromatic carbocycles. The molecular weight excluding hydrogens is 342 g/mol. The lowest BCUT2D eigenvalue weighted by Gasteiger charge is -2.03. The summed E-state index contributed by atoms with van der Waals surface area (Å²) in [6.07, 6.45) is 22.2. The summed E-state index contributed by atoms with van der Waals surface area (Å²) in [7, 11) is 0. The van der Waals surface area contributed by atoms with Crippen LogP contribution in [0, 0.1) is 0 Å². The maximum Gasteiger partial charge on any atom is 0.317 e. The van der Waals surface area contributed by atoms with E-state index in [9.17, 15) is 4.79 Å². The van der Waals surface area contributed by atoms with Gasteiger partial charge in [-0.3, -0.25) is 4.79 Å². The van der Waals surface area contributed by atoms with Gasteiger partial charge in [0.25, 0.3) is 0 Å². The van der Waals surface area contributed by atoms with E-state index in [1.165, 1.54) is 77.0 Å². The average molecular weight is 386 g/mol. The fraction of sp³-hybridized carbons (Fsp3) is 0.864. The van der Waals surface area contributed by atoms with E-state index in [4.69, 9.17) is 15.3 Å². The summed E-state index contributed by atoms with van der Waals surface area (Å²) in [5.74, 6) is -0.782. The largest absolute Gasteiger partial charge is 0.480 e. The summed E-state index contributed by atoms with van der Waals surface area (Å²) in [5, 5.41) is 28.9. The number of carbonyl (C=O) groups is 1. The second-order valence-electron chi connectivity index (χ2n) is 7.48. The predicted molar refractivity (Wildman–Crippen MR) is 112 cm³/mol. The molecule has 5 nitrogen and oxygen atoms in total. The number of aliphatic carboxylic acids is 1. The molecule has 0 saturated carbocycles. The van der Waals surface area contributed by atoms with Crippen molar-refractivity contribution in [1.82, 2.24) is 5.32 Å². The first kappa shape index (κ1) is 26.1. The lowest BCUT2D eigenvalue weighted by atomic mass is 10.1. The average Bonchev–Trinajstić information content (AvgIpc) is 2.62. The van der Waals surface area contributed by atoms with E-state index in [2.05, 4.69) is 17.5 Å². The van der Waals surface area contributed by atoms with E-state index in [-0.39, 0.29) is 6.54 Å². The van der Waals surface area contributed by atoms with Crippen molar-refractivity contribution in [3.05, 3.63) is 12.2 Å². The maximum absolute atomic E-state index is 10.3. The number of hydrogen-bond acceptors (Lipinski definition) is 4. The Morgan fingerprint density at radius 3 is 1.63 bits per heavy atom. The van der Waals surface area contributed by atoms with Gasteiger partial charge in [-0.05, 0) is 51.5 Å². The molecule has 0 heterocycles. The molecule has 160 valence electrons. The summed E-state index contributed by atoms with van der Waals surface area (Å²) in [6.45, 7) is 0.881. The molecule has 0 atom stereocenters. The lowest BCUT2D eigenvalue weighted by molar-refractivity contribution is -0.135. The molecule has 0 aliphatic rings. The Morgan fingerprint density at radius 1 is 0.704 bits per heavy atom. The van der Waals surface area contributed by atoms with Gasteiger partial charge in [0.1, 0.15) is 0 Å². The molecule has 4 N–H and O–H groups in total. The summed E-state index contributed by atoms with van der Waals surface area (Å²) >= 11 is 0. The first-order valence-electron chi connectivity index (χ1n) is 11.1. The number of carboxylic acid groups (broad SMARTS) is 1. The van der Waals surface area contributed by atoms with Gasteiger partial charge in [-0.15, -0.1) is 0 Å². The SMILES string of the molecule is O=C(O)CNCCCCCCCCC=CCCCCCCCCCC(O)O. The van der Waals surface area contributed by atoms with E-state index in [1.54, 1.807) is 0 Å². The van der Waals surface area contributed by atoms with Crippen molar-refractivity contribution in [2.24, 2.45) is 0 Å². The Kier molecular flexibility index (Phi) is 20.7. The Labute approximate surface area is 166 Å². The molecule has 0 spiro atoms. The van der Waals surface area contributed by atoms with Crippen LogP contribution in [-0.2, 0) is 4.79 Å². The minimum absolute atomic E-state index is 0.0729. The summed E-state index contributed by atoms with van der Waals surface area (Å²) in [6, 6.07) is 0. The molecule has 0 aliphatic carbocycles. The third-order valence-corrected chi connectivity index (χ3v) is 4.75. The second-order valence-corrected chi connectivity index (χ2v) is 7.48. The van der Waals surface area contributed by atoms with E-state index in [1.807, 2.05) is 0 Å². The number of allylic oxidation sites excluding steroid dienone is 2. The van der Waals surface area contributed by atoms with E-state index < -0.39 is 12.3 Å². The fourth-order valence-corrected chi connectivity index (χ4v) is 3.12. The zero-order valence-corrected chi connectivity index (χ0v) is 17.2. The number of aliphatic hydroxyl groups excluding tert-OH is 1. The topological polar surface area (TPSA) is 89.8 Å². The summed E-state index contributed by atoms with van der Waals surface area (Å²) in [5.41, 5.74) is 0. The molecular formula is C22H43NO4. The number of rotatable bonds is 21. The molecule has 0 radical (unpaired) electrons. The van der Waals surface area contributed by atoms with Gasteiger partial charge in [-0.1, -0.05) is 69.9 Å². The van der Waals surface area contributed by atoms with Crippen LogP contribution in [0.3, 0.4) is 0 Å². The second kappa shape index (κ2) is 21.4. The zero-order chi connectivity index (χ0) is 20.0. The molecule has 0 fully saturated rings. The van der Waals surface area contributed by atoms with Crippen LogP contribution in [-0.4, -0.2) is 40.7 Å². The van der Waals surface area contributed by atoms with Crippen molar-refractivity contribution in [3.8, 4) is 0 Å². The van der Waals surface area contributed by atoms with Gasteiger partial charge >= 0.3 is 5.97 Å². The molecule has 0 bridgehead atoms. The van der Waals surface area contributed by atoms with Crippen molar-refractivity contribution < 1.29 is 20.1 Å². The highest BCUT2D eigenvalue weighted by atomic mass is 16.5. The normalized spacial score (nSPS) is 11.7. The predicted octanol–water partition coefficient (Wildman–Crippen LogP) is 4.77. The molecule has 0 rings (SSSR count). The third kappa shape index (κ3) is 25.1. The van der Waals surface area contributed by atoms with Crippen LogP contribution in [0.25, 0.3) is 0 Å². The fourth-order valence-electron chi connectivity index (χ4n) is 3.12. The van der Waals surface area contributed by atoms with Crippen LogP contribution >= 0.6 is 0 Å². The maximum atomic E-state index is 10.3. The third-order valence-electron chi connectivity index (χ3n) is 4.75. The highest BCUT2D eigenvalue weighted by Crippen LogP contribution is 2.11. The molecule has 27 heavy (non-hydrogen) atoms. The first-order valence-corrected chi connectivity index (χ1v) is 11.1. The molecule has 0 amide bonds.